The van der Waals surface area contributed by atoms with Crippen LogP contribution >= 0.6 is 0 Å². The van der Waals surface area contributed by atoms with Crippen molar-refractivity contribution in [1.82, 2.24) is 5.32 Å². The largest absolute Gasteiger partial charge is 0.494 e. The number of rotatable bonds is 4. The van der Waals surface area contributed by atoms with Gasteiger partial charge in [0, 0.05) is 5.41 Å². The van der Waals surface area contributed by atoms with Gasteiger partial charge in [-0.1, -0.05) is 32.9 Å². The molecule has 0 saturated carbocycles. The van der Waals surface area contributed by atoms with E-state index in [4.69, 9.17) is 4.74 Å². The molecule has 0 aliphatic carbocycles. The minimum absolute atomic E-state index is 0.00685. The summed E-state index contributed by atoms with van der Waals surface area (Å²) in [6.45, 7) is 10.3. The maximum absolute atomic E-state index is 11.9. The fourth-order valence-electron chi connectivity index (χ4n) is 1.52. The van der Waals surface area contributed by atoms with Gasteiger partial charge >= 0.3 is 0 Å². The van der Waals surface area contributed by atoms with Gasteiger partial charge in [0.05, 0.1) is 12.6 Å². The van der Waals surface area contributed by atoms with E-state index in [1.165, 1.54) is 0 Å². The molecule has 1 atom stereocenters. The Morgan fingerprint density at radius 1 is 1.28 bits per heavy atom. The molecule has 1 N–H and O–H groups in total. The third-order valence-corrected chi connectivity index (χ3v) is 2.72. The first kappa shape index (κ1) is 14.6. The molecule has 100 valence electrons. The molecule has 0 bridgehead atoms. The summed E-state index contributed by atoms with van der Waals surface area (Å²) < 4.78 is 5.39. The maximum atomic E-state index is 11.9. The van der Waals surface area contributed by atoms with Crippen molar-refractivity contribution in [1.29, 1.82) is 0 Å². The second kappa shape index (κ2) is 5.89. The van der Waals surface area contributed by atoms with Gasteiger partial charge in [-0.15, -0.1) is 0 Å². The molecule has 1 aromatic rings. The summed E-state index contributed by atoms with van der Waals surface area (Å²) in [7, 11) is 0. The Labute approximate surface area is 110 Å². The van der Waals surface area contributed by atoms with E-state index in [1.807, 2.05) is 58.9 Å². The lowest BCUT2D eigenvalue weighted by Gasteiger charge is -2.22. The summed E-state index contributed by atoms with van der Waals surface area (Å²) in [4.78, 5) is 11.9. The molecular weight excluding hydrogens is 226 g/mol. The zero-order valence-electron chi connectivity index (χ0n) is 11.9. The van der Waals surface area contributed by atoms with Gasteiger partial charge in [-0.25, -0.2) is 0 Å². The van der Waals surface area contributed by atoms with Crippen molar-refractivity contribution in [2.24, 2.45) is 5.41 Å². The van der Waals surface area contributed by atoms with E-state index in [0.29, 0.717) is 6.61 Å². The molecule has 0 aliphatic rings. The summed E-state index contributed by atoms with van der Waals surface area (Å²) in [6, 6.07) is 7.83. The normalized spacial score (nSPS) is 12.9. The predicted molar refractivity (Wildman–Crippen MR) is 73.6 cm³/mol. The summed E-state index contributed by atoms with van der Waals surface area (Å²) in [5.74, 6) is 0.916. The first-order valence-corrected chi connectivity index (χ1v) is 6.38. The van der Waals surface area contributed by atoms with Crippen molar-refractivity contribution in [2.75, 3.05) is 6.61 Å². The van der Waals surface area contributed by atoms with Crippen LogP contribution in [0.4, 0.5) is 0 Å². The van der Waals surface area contributed by atoms with Crippen LogP contribution in [0.2, 0.25) is 0 Å². The molecule has 1 amide bonds. The second-order valence-corrected chi connectivity index (χ2v) is 5.45. The number of ether oxygens (including phenoxy) is 1. The van der Waals surface area contributed by atoms with Crippen LogP contribution in [-0.4, -0.2) is 12.5 Å². The van der Waals surface area contributed by atoms with Crippen molar-refractivity contribution in [2.45, 2.75) is 40.7 Å². The first-order valence-electron chi connectivity index (χ1n) is 6.38. The number of hydrogen-bond acceptors (Lipinski definition) is 2. The highest BCUT2D eigenvalue weighted by Gasteiger charge is 2.22. The molecule has 0 heterocycles. The third-order valence-electron chi connectivity index (χ3n) is 2.72. The molecule has 3 nitrogen and oxygen atoms in total. The Hall–Kier alpha value is -1.51. The summed E-state index contributed by atoms with van der Waals surface area (Å²) in [6.07, 6.45) is 0. The number of carbonyl (C=O) groups excluding carboxylic acids is 1. The molecule has 3 heteroatoms. The minimum atomic E-state index is -0.362. The number of benzene rings is 1. The van der Waals surface area contributed by atoms with E-state index in [9.17, 15) is 4.79 Å². The molecule has 1 aromatic carbocycles. The molecule has 0 fully saturated rings. The topological polar surface area (TPSA) is 38.3 Å². The molecule has 0 unspecified atom stereocenters. The average molecular weight is 249 g/mol. The Balaban J connectivity index is 2.67. The fraction of sp³-hybridized carbons (Fsp3) is 0.533. The van der Waals surface area contributed by atoms with Gasteiger partial charge in [-0.2, -0.15) is 0 Å². The SMILES string of the molecule is CCOc1ccc([C@H](C)NC(=O)C(C)(C)C)cc1. The van der Waals surface area contributed by atoms with Crippen LogP contribution in [0.15, 0.2) is 24.3 Å². The molecule has 0 spiro atoms. The van der Waals surface area contributed by atoms with Crippen LogP contribution in [0.5, 0.6) is 5.75 Å². The van der Waals surface area contributed by atoms with Crippen molar-refractivity contribution >= 4 is 5.91 Å². The number of amides is 1. The fourth-order valence-corrected chi connectivity index (χ4v) is 1.52. The minimum Gasteiger partial charge on any atom is -0.494 e. The Kier molecular flexibility index (Phi) is 4.76. The maximum Gasteiger partial charge on any atom is 0.225 e. The standard InChI is InChI=1S/C15H23NO2/c1-6-18-13-9-7-12(8-10-13)11(2)16-14(17)15(3,4)5/h7-11H,6H2,1-5H3,(H,16,17)/t11-/m0/s1. The number of carbonyl (C=O) groups is 1. The Morgan fingerprint density at radius 2 is 1.83 bits per heavy atom. The van der Waals surface area contributed by atoms with Crippen LogP contribution in [0.1, 0.15) is 46.2 Å². The monoisotopic (exact) mass is 249 g/mol. The van der Waals surface area contributed by atoms with Gasteiger partial charge in [0.1, 0.15) is 5.75 Å². The molecule has 0 saturated heterocycles. The van der Waals surface area contributed by atoms with E-state index in [1.54, 1.807) is 0 Å². The van der Waals surface area contributed by atoms with Crippen LogP contribution < -0.4 is 10.1 Å². The van der Waals surface area contributed by atoms with E-state index in [-0.39, 0.29) is 17.4 Å². The van der Waals surface area contributed by atoms with E-state index >= 15 is 0 Å². The van der Waals surface area contributed by atoms with Gasteiger partial charge in [-0.05, 0) is 31.5 Å². The zero-order chi connectivity index (χ0) is 13.8. The molecule has 18 heavy (non-hydrogen) atoms. The summed E-state index contributed by atoms with van der Waals surface area (Å²) in [5.41, 5.74) is 0.718. The molecule has 0 aliphatic heterocycles. The van der Waals surface area contributed by atoms with E-state index in [2.05, 4.69) is 5.32 Å². The van der Waals surface area contributed by atoms with Gasteiger partial charge in [0.25, 0.3) is 0 Å². The van der Waals surface area contributed by atoms with E-state index in [0.717, 1.165) is 11.3 Å². The van der Waals surface area contributed by atoms with Gasteiger partial charge in [0.15, 0.2) is 0 Å². The van der Waals surface area contributed by atoms with Crippen LogP contribution in [0.3, 0.4) is 0 Å². The number of hydrogen-bond donors (Lipinski definition) is 1. The highest BCUT2D eigenvalue weighted by molar-refractivity contribution is 5.81. The Bertz CT molecular complexity index is 390. The third kappa shape index (κ3) is 4.06. The smallest absolute Gasteiger partial charge is 0.225 e. The lowest BCUT2D eigenvalue weighted by Crippen LogP contribution is -2.36. The first-order chi connectivity index (χ1) is 8.34. The second-order valence-electron chi connectivity index (χ2n) is 5.45. The van der Waals surface area contributed by atoms with Crippen molar-refractivity contribution in [3.05, 3.63) is 29.8 Å². The molecule has 1 rings (SSSR count). The van der Waals surface area contributed by atoms with Gasteiger partial charge in [0.2, 0.25) is 5.91 Å². The van der Waals surface area contributed by atoms with Crippen molar-refractivity contribution in [3.63, 3.8) is 0 Å². The number of nitrogens with one attached hydrogen (secondary N) is 1. The molecular formula is C15H23NO2. The summed E-state index contributed by atoms with van der Waals surface area (Å²) in [5, 5.41) is 3.01. The Morgan fingerprint density at radius 3 is 2.28 bits per heavy atom. The lowest BCUT2D eigenvalue weighted by molar-refractivity contribution is -0.129. The molecule has 0 aromatic heterocycles. The lowest BCUT2D eigenvalue weighted by atomic mass is 9.94. The highest BCUT2D eigenvalue weighted by atomic mass is 16.5. The highest BCUT2D eigenvalue weighted by Crippen LogP contribution is 2.20. The predicted octanol–water partition coefficient (Wildman–Crippen LogP) is 3.31. The average Bonchev–Trinajstić information content (AvgIpc) is 2.29. The van der Waals surface area contributed by atoms with Gasteiger partial charge < -0.3 is 10.1 Å². The van der Waals surface area contributed by atoms with E-state index < -0.39 is 0 Å². The quantitative estimate of drug-likeness (QED) is 0.889. The van der Waals surface area contributed by atoms with Crippen LogP contribution in [-0.2, 0) is 4.79 Å². The molecule has 0 radical (unpaired) electrons. The van der Waals surface area contributed by atoms with Gasteiger partial charge in [-0.3, -0.25) is 4.79 Å². The zero-order valence-corrected chi connectivity index (χ0v) is 11.9. The van der Waals surface area contributed by atoms with Crippen molar-refractivity contribution in [3.8, 4) is 5.75 Å². The van der Waals surface area contributed by atoms with Crippen LogP contribution in [0.25, 0.3) is 0 Å². The van der Waals surface area contributed by atoms with Crippen molar-refractivity contribution < 1.29 is 9.53 Å². The summed E-state index contributed by atoms with van der Waals surface area (Å²) >= 11 is 0. The van der Waals surface area contributed by atoms with Crippen LogP contribution in [0, 0.1) is 5.41 Å².